The Kier molecular flexibility index (Phi) is 2.60. The van der Waals surface area contributed by atoms with Crippen molar-refractivity contribution in [3.05, 3.63) is 41.3 Å². The first-order valence-corrected chi connectivity index (χ1v) is 4.64. The maximum Gasteiger partial charge on any atom is 0.222 e. The fraction of sp³-hybridized carbons (Fsp3) is 0.100. The summed E-state index contributed by atoms with van der Waals surface area (Å²) in [7, 11) is 0. The van der Waals surface area contributed by atoms with Crippen molar-refractivity contribution in [1.82, 2.24) is 15.0 Å². The largest absolute Gasteiger partial charge is 0.261 e. The minimum absolute atomic E-state index is 0.139. The Bertz CT molecular complexity index is 502. The minimum Gasteiger partial charge on any atom is -0.261 e. The van der Waals surface area contributed by atoms with Crippen LogP contribution < -0.4 is 0 Å². The second-order valence-electron chi connectivity index (χ2n) is 3.06. The van der Waals surface area contributed by atoms with Crippen LogP contribution in [-0.2, 0) is 0 Å². The van der Waals surface area contributed by atoms with Gasteiger partial charge >= 0.3 is 0 Å². The molecule has 0 saturated heterocycles. The summed E-state index contributed by atoms with van der Waals surface area (Å²) in [5.74, 6) is -0.401. The molecule has 76 valence electrons. The molecule has 5 heteroatoms. The Morgan fingerprint density at radius 2 is 2.07 bits per heavy atom. The van der Waals surface area contributed by atoms with Crippen LogP contribution in [0.15, 0.2) is 24.7 Å². The number of aryl methyl sites for hydroxylation is 1. The highest BCUT2D eigenvalue weighted by atomic mass is 35.5. The van der Waals surface area contributed by atoms with E-state index < -0.39 is 5.82 Å². The molecule has 0 fully saturated rings. The molecule has 0 unspecified atom stereocenters. The van der Waals surface area contributed by atoms with E-state index in [1.54, 1.807) is 6.20 Å². The zero-order valence-electron chi connectivity index (χ0n) is 7.91. The van der Waals surface area contributed by atoms with Crippen molar-refractivity contribution in [2.45, 2.75) is 6.92 Å². The number of nitrogens with zero attached hydrogens (tertiary/aromatic N) is 3. The van der Waals surface area contributed by atoms with E-state index >= 15 is 0 Å². The molecule has 2 heterocycles. The first-order valence-electron chi connectivity index (χ1n) is 4.27. The summed E-state index contributed by atoms with van der Waals surface area (Å²) in [6.07, 6.45) is 4.27. The van der Waals surface area contributed by atoms with E-state index in [0.29, 0.717) is 11.3 Å². The van der Waals surface area contributed by atoms with Gasteiger partial charge in [0, 0.05) is 18.0 Å². The third-order valence-electron chi connectivity index (χ3n) is 1.92. The zero-order valence-corrected chi connectivity index (χ0v) is 8.66. The molecule has 0 N–H and O–H groups in total. The van der Waals surface area contributed by atoms with Crippen LogP contribution in [0.3, 0.4) is 0 Å². The Balaban J connectivity index is 2.58. The van der Waals surface area contributed by atoms with Gasteiger partial charge in [-0.3, -0.25) is 4.98 Å². The van der Waals surface area contributed by atoms with E-state index in [0.717, 1.165) is 11.8 Å². The van der Waals surface area contributed by atoms with Gasteiger partial charge in [0.25, 0.3) is 0 Å². The van der Waals surface area contributed by atoms with Gasteiger partial charge in [-0.15, -0.1) is 0 Å². The number of rotatable bonds is 1. The van der Waals surface area contributed by atoms with Crippen molar-refractivity contribution in [1.29, 1.82) is 0 Å². The molecule has 0 saturated carbocycles. The summed E-state index contributed by atoms with van der Waals surface area (Å²) >= 11 is 5.67. The molecule has 3 nitrogen and oxygen atoms in total. The Morgan fingerprint density at radius 1 is 1.27 bits per heavy atom. The Labute approximate surface area is 91.0 Å². The van der Waals surface area contributed by atoms with Gasteiger partial charge in [-0.25, -0.2) is 14.4 Å². The average molecular weight is 224 g/mol. The normalized spacial score (nSPS) is 10.3. The van der Waals surface area contributed by atoms with Crippen molar-refractivity contribution in [2.75, 3.05) is 0 Å². The summed E-state index contributed by atoms with van der Waals surface area (Å²) in [4.78, 5) is 11.6. The zero-order chi connectivity index (χ0) is 10.8. The lowest BCUT2D eigenvalue weighted by atomic mass is 10.1. The van der Waals surface area contributed by atoms with E-state index in [4.69, 9.17) is 11.6 Å². The summed E-state index contributed by atoms with van der Waals surface area (Å²) in [6, 6.07) is 1.36. The number of halogens is 2. The highest BCUT2D eigenvalue weighted by Crippen LogP contribution is 2.21. The lowest BCUT2D eigenvalue weighted by Crippen LogP contribution is -1.92. The SMILES string of the molecule is Cc1cnc(Cl)nc1-c1cncc(F)c1. The molecule has 0 aliphatic carbocycles. The van der Waals surface area contributed by atoms with Gasteiger partial charge in [0.1, 0.15) is 5.82 Å². The van der Waals surface area contributed by atoms with Crippen LogP contribution in [0.5, 0.6) is 0 Å². The fourth-order valence-electron chi connectivity index (χ4n) is 1.25. The molecule has 0 amide bonds. The topological polar surface area (TPSA) is 38.7 Å². The quantitative estimate of drug-likeness (QED) is 0.698. The van der Waals surface area contributed by atoms with Crippen LogP contribution in [0.2, 0.25) is 5.28 Å². The van der Waals surface area contributed by atoms with Crippen molar-refractivity contribution < 1.29 is 4.39 Å². The summed E-state index contributed by atoms with van der Waals surface area (Å²) in [5.41, 5.74) is 2.02. The predicted octanol–water partition coefficient (Wildman–Crippen LogP) is 2.64. The molecule has 0 spiro atoms. The van der Waals surface area contributed by atoms with E-state index in [1.165, 1.54) is 12.3 Å². The lowest BCUT2D eigenvalue weighted by molar-refractivity contribution is 0.622. The Hall–Kier alpha value is -1.55. The van der Waals surface area contributed by atoms with Gasteiger partial charge in [0.2, 0.25) is 5.28 Å². The third kappa shape index (κ3) is 2.10. The van der Waals surface area contributed by atoms with E-state index in [1.807, 2.05) is 6.92 Å². The van der Waals surface area contributed by atoms with Crippen LogP contribution in [0.25, 0.3) is 11.3 Å². The molecule has 0 aliphatic heterocycles. The van der Waals surface area contributed by atoms with Gasteiger partial charge in [-0.05, 0) is 30.2 Å². The smallest absolute Gasteiger partial charge is 0.222 e. The van der Waals surface area contributed by atoms with Crippen LogP contribution in [0.4, 0.5) is 4.39 Å². The number of pyridine rings is 1. The number of hydrogen-bond acceptors (Lipinski definition) is 3. The molecule has 2 aromatic rings. The van der Waals surface area contributed by atoms with E-state index in [-0.39, 0.29) is 5.28 Å². The van der Waals surface area contributed by atoms with E-state index in [9.17, 15) is 4.39 Å². The minimum atomic E-state index is -0.401. The molecule has 0 aromatic carbocycles. The molecule has 2 rings (SSSR count). The van der Waals surface area contributed by atoms with Crippen LogP contribution in [0, 0.1) is 12.7 Å². The predicted molar refractivity (Wildman–Crippen MR) is 55.0 cm³/mol. The van der Waals surface area contributed by atoms with Gasteiger partial charge in [0.15, 0.2) is 0 Å². The molecular weight excluding hydrogens is 217 g/mol. The van der Waals surface area contributed by atoms with Gasteiger partial charge in [-0.1, -0.05) is 0 Å². The third-order valence-corrected chi connectivity index (χ3v) is 2.10. The van der Waals surface area contributed by atoms with Crippen LogP contribution >= 0.6 is 11.6 Å². The van der Waals surface area contributed by atoms with Crippen LogP contribution in [-0.4, -0.2) is 15.0 Å². The lowest BCUT2D eigenvalue weighted by Gasteiger charge is -2.03. The summed E-state index contributed by atoms with van der Waals surface area (Å²) in [5, 5.41) is 0.139. The maximum atomic E-state index is 12.9. The first kappa shape index (κ1) is 9.98. The molecule has 0 atom stereocenters. The van der Waals surface area contributed by atoms with Crippen molar-refractivity contribution >= 4 is 11.6 Å². The van der Waals surface area contributed by atoms with Crippen molar-refractivity contribution in [3.63, 3.8) is 0 Å². The molecular formula is C10H7ClFN3. The van der Waals surface area contributed by atoms with Gasteiger partial charge in [0.05, 0.1) is 11.9 Å². The van der Waals surface area contributed by atoms with Crippen molar-refractivity contribution in [2.24, 2.45) is 0 Å². The summed E-state index contributed by atoms with van der Waals surface area (Å²) < 4.78 is 12.9. The molecule has 15 heavy (non-hydrogen) atoms. The van der Waals surface area contributed by atoms with Gasteiger partial charge < -0.3 is 0 Å². The molecule has 0 aliphatic rings. The first-order chi connectivity index (χ1) is 7.16. The standard InChI is InChI=1S/C10H7ClFN3/c1-6-3-14-10(11)15-9(6)7-2-8(12)5-13-4-7/h2-5H,1H3. The number of aromatic nitrogens is 3. The molecule has 0 radical (unpaired) electrons. The highest BCUT2D eigenvalue weighted by Gasteiger charge is 2.06. The monoisotopic (exact) mass is 223 g/mol. The second kappa shape index (κ2) is 3.90. The fourth-order valence-corrected chi connectivity index (χ4v) is 1.39. The number of hydrogen-bond donors (Lipinski definition) is 0. The van der Waals surface area contributed by atoms with Crippen LogP contribution in [0.1, 0.15) is 5.56 Å². The van der Waals surface area contributed by atoms with E-state index in [2.05, 4.69) is 15.0 Å². The maximum absolute atomic E-state index is 12.9. The van der Waals surface area contributed by atoms with Gasteiger partial charge in [-0.2, -0.15) is 0 Å². The molecule has 2 aromatic heterocycles. The van der Waals surface area contributed by atoms with Crippen molar-refractivity contribution in [3.8, 4) is 11.3 Å². The summed E-state index contributed by atoms with van der Waals surface area (Å²) in [6.45, 7) is 1.83. The Morgan fingerprint density at radius 3 is 2.80 bits per heavy atom. The second-order valence-corrected chi connectivity index (χ2v) is 3.40. The highest BCUT2D eigenvalue weighted by molar-refractivity contribution is 6.28. The molecule has 0 bridgehead atoms. The average Bonchev–Trinajstić information content (AvgIpc) is 2.22.